The Labute approximate surface area is 119 Å². The second-order valence-corrected chi connectivity index (χ2v) is 5.88. The molecule has 0 radical (unpaired) electrons. The third-order valence-corrected chi connectivity index (χ3v) is 4.03. The lowest BCUT2D eigenvalue weighted by molar-refractivity contribution is 0.0449. The first kappa shape index (κ1) is 13.3. The number of para-hydroxylation sites is 1. The first-order valence-electron chi connectivity index (χ1n) is 7.15. The molecule has 0 aliphatic carbocycles. The van der Waals surface area contributed by atoms with Gasteiger partial charge in [0.1, 0.15) is 0 Å². The molecule has 0 saturated carbocycles. The third-order valence-electron chi connectivity index (χ3n) is 4.03. The predicted octanol–water partition coefficient (Wildman–Crippen LogP) is 2.04. The standard InChI is InChI=1S/C16H21N3O/c1-16(20)7-4-8-19(11-16)15-12(9-17)10-18-14-6-3-2-5-13(14)15/h2-3,5-6,10,20H,4,7-9,11,17H2,1H3. The highest BCUT2D eigenvalue weighted by Crippen LogP contribution is 2.33. The van der Waals surface area contributed by atoms with Crippen LogP contribution in [-0.4, -0.2) is 28.8 Å². The fourth-order valence-electron chi connectivity index (χ4n) is 3.10. The van der Waals surface area contributed by atoms with Gasteiger partial charge in [0.15, 0.2) is 0 Å². The van der Waals surface area contributed by atoms with E-state index in [2.05, 4.69) is 16.0 Å². The number of rotatable bonds is 2. The zero-order valence-electron chi connectivity index (χ0n) is 11.8. The average Bonchev–Trinajstić information content (AvgIpc) is 2.45. The van der Waals surface area contributed by atoms with Gasteiger partial charge in [-0.05, 0) is 25.8 Å². The topological polar surface area (TPSA) is 62.4 Å². The second-order valence-electron chi connectivity index (χ2n) is 5.88. The van der Waals surface area contributed by atoms with Crippen molar-refractivity contribution < 1.29 is 5.11 Å². The molecule has 106 valence electrons. The van der Waals surface area contributed by atoms with Crippen molar-refractivity contribution in [3.8, 4) is 0 Å². The normalized spacial score (nSPS) is 23.2. The summed E-state index contributed by atoms with van der Waals surface area (Å²) in [5.41, 5.74) is 8.41. The highest BCUT2D eigenvalue weighted by molar-refractivity contribution is 5.93. The molecule has 1 aliphatic heterocycles. The van der Waals surface area contributed by atoms with Crippen LogP contribution < -0.4 is 10.6 Å². The van der Waals surface area contributed by atoms with Crippen molar-refractivity contribution in [2.45, 2.75) is 31.9 Å². The smallest absolute Gasteiger partial charge is 0.0794 e. The van der Waals surface area contributed by atoms with Crippen LogP contribution in [0.15, 0.2) is 30.5 Å². The molecule has 1 saturated heterocycles. The highest BCUT2D eigenvalue weighted by atomic mass is 16.3. The lowest BCUT2D eigenvalue weighted by atomic mass is 9.93. The van der Waals surface area contributed by atoms with Crippen molar-refractivity contribution in [2.75, 3.05) is 18.0 Å². The summed E-state index contributed by atoms with van der Waals surface area (Å²) < 4.78 is 0. The first-order chi connectivity index (χ1) is 9.61. The molecule has 1 fully saturated rings. The van der Waals surface area contributed by atoms with Gasteiger partial charge in [-0.3, -0.25) is 4.98 Å². The molecule has 1 atom stereocenters. The Morgan fingerprint density at radius 1 is 1.40 bits per heavy atom. The number of aromatic nitrogens is 1. The van der Waals surface area contributed by atoms with Crippen LogP contribution in [0.2, 0.25) is 0 Å². The molecule has 3 rings (SSSR count). The summed E-state index contributed by atoms with van der Waals surface area (Å²) in [6.45, 7) is 3.97. The monoisotopic (exact) mass is 271 g/mol. The number of nitrogens with zero attached hydrogens (tertiary/aromatic N) is 2. The molecular weight excluding hydrogens is 250 g/mol. The average molecular weight is 271 g/mol. The number of β-amino-alcohol motifs (C(OH)–C–C–N with tert-alkyl or cyclic N) is 1. The van der Waals surface area contributed by atoms with E-state index in [1.807, 2.05) is 31.3 Å². The molecule has 1 aliphatic rings. The minimum atomic E-state index is -0.630. The van der Waals surface area contributed by atoms with Gasteiger partial charge < -0.3 is 15.7 Å². The predicted molar refractivity (Wildman–Crippen MR) is 81.7 cm³/mol. The van der Waals surface area contributed by atoms with Crippen molar-refractivity contribution in [1.29, 1.82) is 0 Å². The van der Waals surface area contributed by atoms with Crippen molar-refractivity contribution in [2.24, 2.45) is 5.73 Å². The van der Waals surface area contributed by atoms with E-state index >= 15 is 0 Å². The van der Waals surface area contributed by atoms with Crippen LogP contribution in [0, 0.1) is 0 Å². The zero-order valence-corrected chi connectivity index (χ0v) is 11.8. The van der Waals surface area contributed by atoms with Gasteiger partial charge in [-0.2, -0.15) is 0 Å². The number of fused-ring (bicyclic) bond motifs is 1. The van der Waals surface area contributed by atoms with E-state index in [9.17, 15) is 5.11 Å². The van der Waals surface area contributed by atoms with Crippen molar-refractivity contribution >= 4 is 16.6 Å². The van der Waals surface area contributed by atoms with Crippen molar-refractivity contribution in [3.05, 3.63) is 36.0 Å². The van der Waals surface area contributed by atoms with E-state index in [0.717, 1.165) is 41.5 Å². The lowest BCUT2D eigenvalue weighted by Crippen LogP contribution is -2.46. The number of hydrogen-bond donors (Lipinski definition) is 2. The van der Waals surface area contributed by atoms with E-state index in [0.29, 0.717) is 13.1 Å². The van der Waals surface area contributed by atoms with Gasteiger partial charge in [0.25, 0.3) is 0 Å². The number of aliphatic hydroxyl groups is 1. The summed E-state index contributed by atoms with van der Waals surface area (Å²) in [4.78, 5) is 6.73. The maximum absolute atomic E-state index is 10.4. The van der Waals surface area contributed by atoms with Gasteiger partial charge in [-0.1, -0.05) is 18.2 Å². The van der Waals surface area contributed by atoms with Gasteiger partial charge in [-0.15, -0.1) is 0 Å². The Hall–Kier alpha value is -1.65. The van der Waals surface area contributed by atoms with Crippen LogP contribution in [0.25, 0.3) is 10.9 Å². The summed E-state index contributed by atoms with van der Waals surface area (Å²) in [5, 5.41) is 11.5. The zero-order chi connectivity index (χ0) is 14.2. The van der Waals surface area contributed by atoms with Crippen LogP contribution in [-0.2, 0) is 6.54 Å². The summed E-state index contributed by atoms with van der Waals surface area (Å²) in [6.07, 6.45) is 3.71. The minimum Gasteiger partial charge on any atom is -0.388 e. The van der Waals surface area contributed by atoms with Gasteiger partial charge in [0.2, 0.25) is 0 Å². The quantitative estimate of drug-likeness (QED) is 0.877. The third kappa shape index (κ3) is 2.37. The number of nitrogens with two attached hydrogens (primary N) is 1. The molecule has 2 heterocycles. The molecule has 2 aromatic rings. The van der Waals surface area contributed by atoms with E-state index in [-0.39, 0.29) is 0 Å². The summed E-state index contributed by atoms with van der Waals surface area (Å²) in [6, 6.07) is 8.12. The molecular formula is C16H21N3O. The Morgan fingerprint density at radius 2 is 2.20 bits per heavy atom. The summed E-state index contributed by atoms with van der Waals surface area (Å²) in [7, 11) is 0. The van der Waals surface area contributed by atoms with E-state index in [1.165, 1.54) is 0 Å². The fourth-order valence-corrected chi connectivity index (χ4v) is 3.10. The lowest BCUT2D eigenvalue weighted by Gasteiger charge is -2.39. The maximum atomic E-state index is 10.4. The minimum absolute atomic E-state index is 0.464. The van der Waals surface area contributed by atoms with Gasteiger partial charge in [0, 0.05) is 36.8 Å². The summed E-state index contributed by atoms with van der Waals surface area (Å²) >= 11 is 0. The number of pyridine rings is 1. The molecule has 1 aromatic heterocycles. The molecule has 0 spiro atoms. The number of piperidine rings is 1. The van der Waals surface area contributed by atoms with Gasteiger partial charge >= 0.3 is 0 Å². The Balaban J connectivity index is 2.13. The van der Waals surface area contributed by atoms with Gasteiger partial charge in [0.05, 0.1) is 16.8 Å². The Morgan fingerprint density at radius 3 is 2.95 bits per heavy atom. The van der Waals surface area contributed by atoms with Crippen molar-refractivity contribution in [1.82, 2.24) is 4.98 Å². The number of benzene rings is 1. The SMILES string of the molecule is CC1(O)CCCN(c2c(CN)cnc3ccccc23)C1. The first-order valence-corrected chi connectivity index (χ1v) is 7.15. The highest BCUT2D eigenvalue weighted by Gasteiger charge is 2.30. The number of anilines is 1. The van der Waals surface area contributed by atoms with Crippen LogP contribution in [0.3, 0.4) is 0 Å². The molecule has 1 aromatic carbocycles. The van der Waals surface area contributed by atoms with E-state index in [1.54, 1.807) is 0 Å². The molecule has 0 amide bonds. The summed E-state index contributed by atoms with van der Waals surface area (Å²) in [5.74, 6) is 0. The molecule has 4 nitrogen and oxygen atoms in total. The maximum Gasteiger partial charge on any atom is 0.0794 e. The van der Waals surface area contributed by atoms with E-state index < -0.39 is 5.60 Å². The van der Waals surface area contributed by atoms with Crippen LogP contribution in [0.4, 0.5) is 5.69 Å². The molecule has 3 N–H and O–H groups in total. The molecule has 20 heavy (non-hydrogen) atoms. The molecule has 1 unspecified atom stereocenters. The van der Waals surface area contributed by atoms with Crippen LogP contribution in [0.1, 0.15) is 25.3 Å². The van der Waals surface area contributed by atoms with E-state index in [4.69, 9.17) is 5.73 Å². The van der Waals surface area contributed by atoms with Gasteiger partial charge in [-0.25, -0.2) is 0 Å². The second kappa shape index (κ2) is 5.04. The Bertz CT molecular complexity index is 624. The van der Waals surface area contributed by atoms with Crippen LogP contribution in [0.5, 0.6) is 0 Å². The molecule has 4 heteroatoms. The fraction of sp³-hybridized carbons (Fsp3) is 0.438. The van der Waals surface area contributed by atoms with Crippen LogP contribution >= 0.6 is 0 Å². The number of hydrogen-bond acceptors (Lipinski definition) is 4. The van der Waals surface area contributed by atoms with Crippen molar-refractivity contribution in [3.63, 3.8) is 0 Å². The Kier molecular flexibility index (Phi) is 3.36. The molecule has 0 bridgehead atoms. The largest absolute Gasteiger partial charge is 0.388 e.